The minimum atomic E-state index is -4.95. The summed E-state index contributed by atoms with van der Waals surface area (Å²) in [6.07, 6.45) is -4.95. The highest BCUT2D eigenvalue weighted by molar-refractivity contribution is 5.96. The number of carbonyl (C=O) groups excluding carboxylic acids is 1. The molecule has 0 saturated heterocycles. The molecule has 6 heteroatoms. The monoisotopic (exact) mass is 243 g/mol. The fraction of sp³-hybridized carbons (Fsp3) is 0.182. The first-order chi connectivity index (χ1) is 7.95. The molecular weight excluding hydrogens is 235 g/mol. The maximum Gasteiger partial charge on any atom is 0.471 e. The van der Waals surface area contributed by atoms with Crippen LogP contribution in [0.15, 0.2) is 24.3 Å². The molecule has 0 aliphatic carbocycles. The van der Waals surface area contributed by atoms with E-state index in [1.54, 1.807) is 11.4 Å². The first-order valence-electron chi connectivity index (χ1n) is 4.52. The van der Waals surface area contributed by atoms with Gasteiger partial charge in [0.25, 0.3) is 0 Å². The number of aliphatic hydroxyl groups excluding tert-OH is 1. The molecule has 0 aliphatic heterocycles. The molecule has 0 spiro atoms. The summed E-state index contributed by atoms with van der Waals surface area (Å²) in [7, 11) is 0. The van der Waals surface area contributed by atoms with E-state index in [1.807, 2.05) is 0 Å². The van der Waals surface area contributed by atoms with Crippen molar-refractivity contribution in [1.82, 2.24) is 0 Å². The summed E-state index contributed by atoms with van der Waals surface area (Å²) >= 11 is 0. The molecule has 0 saturated carbocycles. The second-order valence-corrected chi connectivity index (χ2v) is 2.96. The molecule has 0 fully saturated rings. The van der Waals surface area contributed by atoms with Crippen molar-refractivity contribution in [3.63, 3.8) is 0 Å². The Morgan fingerprint density at radius 1 is 1.35 bits per heavy atom. The number of anilines is 1. The molecule has 3 nitrogen and oxygen atoms in total. The Morgan fingerprint density at radius 3 is 2.59 bits per heavy atom. The number of carbonyl (C=O) groups is 1. The van der Waals surface area contributed by atoms with Crippen LogP contribution in [0.25, 0.3) is 0 Å². The average molecular weight is 243 g/mol. The highest BCUT2D eigenvalue weighted by Gasteiger charge is 2.38. The van der Waals surface area contributed by atoms with Crippen LogP contribution >= 0.6 is 0 Å². The van der Waals surface area contributed by atoms with Crippen molar-refractivity contribution in [2.45, 2.75) is 6.18 Å². The minimum absolute atomic E-state index is 0.0456. The molecule has 0 radical (unpaired) electrons. The zero-order valence-corrected chi connectivity index (χ0v) is 8.51. The fourth-order valence-corrected chi connectivity index (χ4v) is 1.03. The molecule has 0 unspecified atom stereocenters. The number of para-hydroxylation sites is 1. The van der Waals surface area contributed by atoms with Crippen molar-refractivity contribution in [3.05, 3.63) is 29.8 Å². The summed E-state index contributed by atoms with van der Waals surface area (Å²) < 4.78 is 36.1. The zero-order chi connectivity index (χ0) is 12.9. The van der Waals surface area contributed by atoms with Crippen LogP contribution in [0.1, 0.15) is 5.56 Å². The minimum Gasteiger partial charge on any atom is -0.384 e. The lowest BCUT2D eigenvalue weighted by Gasteiger charge is -2.09. The third-order valence-corrected chi connectivity index (χ3v) is 1.73. The number of nitrogens with one attached hydrogen (secondary N) is 1. The van der Waals surface area contributed by atoms with Gasteiger partial charge in [0.2, 0.25) is 0 Å². The number of hydrogen-bond donors (Lipinski definition) is 2. The predicted molar refractivity (Wildman–Crippen MR) is 55.1 cm³/mol. The highest BCUT2D eigenvalue weighted by Crippen LogP contribution is 2.20. The van der Waals surface area contributed by atoms with Crippen LogP contribution in [-0.2, 0) is 4.79 Å². The van der Waals surface area contributed by atoms with E-state index < -0.39 is 18.7 Å². The van der Waals surface area contributed by atoms with Crippen LogP contribution < -0.4 is 5.32 Å². The summed E-state index contributed by atoms with van der Waals surface area (Å²) in [4.78, 5) is 10.7. The molecule has 0 aromatic heterocycles. The fourth-order valence-electron chi connectivity index (χ4n) is 1.03. The van der Waals surface area contributed by atoms with Crippen molar-refractivity contribution < 1.29 is 23.1 Å². The summed E-state index contributed by atoms with van der Waals surface area (Å²) in [6.45, 7) is -0.415. The first kappa shape index (κ1) is 13.1. The van der Waals surface area contributed by atoms with E-state index in [2.05, 4.69) is 11.8 Å². The molecule has 2 N–H and O–H groups in total. The van der Waals surface area contributed by atoms with Gasteiger partial charge in [-0.1, -0.05) is 24.0 Å². The number of rotatable bonds is 1. The van der Waals surface area contributed by atoms with Gasteiger partial charge in [0.1, 0.15) is 6.61 Å². The Morgan fingerprint density at radius 2 is 2.00 bits per heavy atom. The molecule has 1 aromatic carbocycles. The van der Waals surface area contributed by atoms with Gasteiger partial charge in [0.05, 0.1) is 5.69 Å². The van der Waals surface area contributed by atoms with Gasteiger partial charge in [-0.05, 0) is 12.1 Å². The van der Waals surface area contributed by atoms with E-state index >= 15 is 0 Å². The van der Waals surface area contributed by atoms with Gasteiger partial charge in [-0.3, -0.25) is 4.79 Å². The van der Waals surface area contributed by atoms with Crippen LogP contribution in [0.3, 0.4) is 0 Å². The van der Waals surface area contributed by atoms with E-state index in [9.17, 15) is 18.0 Å². The summed E-state index contributed by atoms with van der Waals surface area (Å²) in [5.41, 5.74) is 0.162. The second-order valence-electron chi connectivity index (χ2n) is 2.96. The van der Waals surface area contributed by atoms with Crippen molar-refractivity contribution in [3.8, 4) is 11.8 Å². The summed E-state index contributed by atoms with van der Waals surface area (Å²) in [6, 6.07) is 5.76. The van der Waals surface area contributed by atoms with Crippen LogP contribution in [0.2, 0.25) is 0 Å². The lowest BCUT2D eigenvalue weighted by atomic mass is 10.2. The second kappa shape index (κ2) is 5.37. The molecule has 90 valence electrons. The number of amides is 1. The number of alkyl halides is 3. The Balaban J connectivity index is 2.95. The molecule has 1 rings (SSSR count). The van der Waals surface area contributed by atoms with Crippen molar-refractivity contribution in [2.24, 2.45) is 0 Å². The molecule has 0 atom stereocenters. The summed E-state index contributed by atoms with van der Waals surface area (Å²) in [5, 5.41) is 10.2. The topological polar surface area (TPSA) is 49.3 Å². The Hall–Kier alpha value is -2.00. The highest BCUT2D eigenvalue weighted by atomic mass is 19.4. The number of aliphatic hydroxyl groups is 1. The Labute approximate surface area is 95.3 Å². The standard InChI is InChI=1S/C11H8F3NO2/c12-11(13,14)10(17)15-9-6-2-1-4-8(9)5-3-7-16/h1-2,4,6,16H,7H2,(H,15,17). The lowest BCUT2D eigenvalue weighted by molar-refractivity contribution is -0.167. The zero-order valence-electron chi connectivity index (χ0n) is 8.51. The van der Waals surface area contributed by atoms with Gasteiger partial charge in [-0.15, -0.1) is 0 Å². The summed E-state index contributed by atoms with van der Waals surface area (Å²) in [5.74, 6) is 2.67. The Kier molecular flexibility index (Phi) is 4.12. The van der Waals surface area contributed by atoms with E-state index in [-0.39, 0.29) is 11.3 Å². The molecule has 0 bridgehead atoms. The van der Waals surface area contributed by atoms with Crippen molar-refractivity contribution in [2.75, 3.05) is 11.9 Å². The maximum absolute atomic E-state index is 12.0. The molecule has 17 heavy (non-hydrogen) atoms. The Bertz CT molecular complexity index is 472. The van der Waals surface area contributed by atoms with Crippen LogP contribution in [-0.4, -0.2) is 23.8 Å². The van der Waals surface area contributed by atoms with Gasteiger partial charge in [0, 0.05) is 5.56 Å². The van der Waals surface area contributed by atoms with Crippen LogP contribution in [0, 0.1) is 11.8 Å². The van der Waals surface area contributed by atoms with E-state index in [0.717, 1.165) is 0 Å². The van der Waals surface area contributed by atoms with Gasteiger partial charge >= 0.3 is 12.1 Å². The largest absolute Gasteiger partial charge is 0.471 e. The van der Waals surface area contributed by atoms with Crippen LogP contribution in [0.5, 0.6) is 0 Å². The normalized spacial score (nSPS) is 10.4. The quantitative estimate of drug-likeness (QED) is 0.735. The van der Waals surface area contributed by atoms with Gasteiger partial charge in [-0.2, -0.15) is 13.2 Å². The number of hydrogen-bond acceptors (Lipinski definition) is 2. The van der Waals surface area contributed by atoms with E-state index in [4.69, 9.17) is 5.11 Å². The number of halogens is 3. The molecular formula is C11H8F3NO2. The van der Waals surface area contributed by atoms with Crippen molar-refractivity contribution in [1.29, 1.82) is 0 Å². The third kappa shape index (κ3) is 3.81. The van der Waals surface area contributed by atoms with Gasteiger partial charge < -0.3 is 10.4 Å². The van der Waals surface area contributed by atoms with Gasteiger partial charge in [0.15, 0.2) is 0 Å². The first-order valence-corrected chi connectivity index (χ1v) is 4.52. The molecule has 0 heterocycles. The lowest BCUT2D eigenvalue weighted by Crippen LogP contribution is -2.30. The SMILES string of the molecule is O=C(Nc1ccccc1C#CCO)C(F)(F)F. The van der Waals surface area contributed by atoms with E-state index in [1.165, 1.54) is 18.2 Å². The van der Waals surface area contributed by atoms with E-state index in [0.29, 0.717) is 0 Å². The van der Waals surface area contributed by atoms with Gasteiger partial charge in [-0.25, -0.2) is 0 Å². The number of benzene rings is 1. The average Bonchev–Trinajstić information content (AvgIpc) is 2.26. The van der Waals surface area contributed by atoms with Crippen molar-refractivity contribution >= 4 is 11.6 Å². The molecule has 0 aliphatic rings. The smallest absolute Gasteiger partial charge is 0.384 e. The third-order valence-electron chi connectivity index (χ3n) is 1.73. The predicted octanol–water partition coefficient (Wildman–Crippen LogP) is 1.53. The molecule has 1 aromatic rings. The van der Waals surface area contributed by atoms with Crippen LogP contribution in [0.4, 0.5) is 18.9 Å². The molecule has 1 amide bonds. The maximum atomic E-state index is 12.0.